The number of nitrogens with two attached hydrogens (primary N) is 1. The minimum absolute atomic E-state index is 0.00636. The number of nitrogens with zero attached hydrogens (tertiary/aromatic N) is 1. The van der Waals surface area contributed by atoms with Crippen LogP contribution in [0.2, 0.25) is 0 Å². The first kappa shape index (κ1) is 37.9. The molecule has 43 heavy (non-hydrogen) atoms. The largest absolute Gasteiger partial charge is 0.676 e. The standard InChI is InChI=1S/C30H34N2O5.C2H7N2.ClH.Pt/c1-3-36-30(35)22(2)19-27(20-23-9-11-26(12-10-23)25-7-5-4-6-8-25)32-28(33)13-14-29(34)37-21-24-15-17-31-18-16-24;3-1-2-4;;/h4-12,15-18,22,27H,3,13-14,19-21H2,1-2H3,(H,32,33);3H,1-2,4H2;1H;/q;-1;;+2/p-1/t22?,27-;;;/m0.../s1. The molecule has 0 saturated carbocycles. The van der Waals surface area contributed by atoms with E-state index in [-0.39, 0.29) is 43.3 Å². The molecule has 0 spiro atoms. The van der Waals surface area contributed by atoms with Gasteiger partial charge in [-0.25, -0.2) is 0 Å². The Morgan fingerprint density at radius 1 is 0.930 bits per heavy atom. The maximum absolute atomic E-state index is 12.7. The van der Waals surface area contributed by atoms with Crippen LogP contribution in [0.25, 0.3) is 16.9 Å². The monoisotopic (exact) mass is 791 g/mol. The maximum atomic E-state index is 12.7. The van der Waals surface area contributed by atoms with Gasteiger partial charge in [-0.15, -0.1) is 6.54 Å². The summed E-state index contributed by atoms with van der Waals surface area (Å²) in [6.07, 6.45) is 4.22. The molecule has 0 fully saturated rings. The molecule has 3 aromatic rings. The van der Waals surface area contributed by atoms with Crippen molar-refractivity contribution in [1.29, 1.82) is 0 Å². The van der Waals surface area contributed by atoms with E-state index >= 15 is 0 Å². The minimum Gasteiger partial charge on any atom is -0.676 e. The Balaban J connectivity index is 0.00000142. The summed E-state index contributed by atoms with van der Waals surface area (Å²) in [7, 11) is 4.61. The van der Waals surface area contributed by atoms with Crippen molar-refractivity contribution in [2.45, 2.75) is 52.2 Å². The zero-order chi connectivity index (χ0) is 31.9. The molecule has 1 amide bonds. The predicted molar refractivity (Wildman–Crippen MR) is 165 cm³/mol. The Labute approximate surface area is 269 Å². The molecular weight excluding hydrogens is 751 g/mol. The first-order valence-corrected chi connectivity index (χ1v) is 16.8. The van der Waals surface area contributed by atoms with Crippen LogP contribution in [0.3, 0.4) is 0 Å². The second-order valence-electron chi connectivity index (χ2n) is 9.48. The van der Waals surface area contributed by atoms with Gasteiger partial charge in [-0.3, -0.25) is 19.4 Å². The van der Waals surface area contributed by atoms with E-state index in [4.69, 9.17) is 20.9 Å². The number of aromatic nitrogens is 1. The number of ether oxygens (including phenoxy) is 2. The summed E-state index contributed by atoms with van der Waals surface area (Å²) >= 11 is 1.61. The van der Waals surface area contributed by atoms with Crippen molar-refractivity contribution in [3.05, 3.63) is 96.0 Å². The first-order valence-electron chi connectivity index (χ1n) is 14.0. The molecule has 1 aromatic heterocycles. The van der Waals surface area contributed by atoms with Crippen LogP contribution in [-0.4, -0.2) is 48.6 Å². The number of rotatable bonds is 14. The SMILES string of the molecule is CCOC(=O)C(C)C[C@@H](Cc1ccc(-c2ccccc2)cc1)NC(=O)CCC(=O)OCc1ccncc1.[Cl][Pt+].[NH-]CCN. The molecule has 1 heterocycles. The number of benzene rings is 2. The molecule has 4 N–H and O–H groups in total. The van der Waals surface area contributed by atoms with Crippen molar-refractivity contribution in [3.8, 4) is 11.1 Å². The molecule has 236 valence electrons. The molecule has 2 aromatic carbocycles. The third kappa shape index (κ3) is 16.4. The van der Waals surface area contributed by atoms with Crippen molar-refractivity contribution in [2.24, 2.45) is 11.7 Å². The molecule has 0 bridgehead atoms. The molecule has 9 nitrogen and oxygen atoms in total. The summed E-state index contributed by atoms with van der Waals surface area (Å²) in [6, 6.07) is 21.5. The van der Waals surface area contributed by atoms with Crippen LogP contribution in [0.5, 0.6) is 0 Å². The van der Waals surface area contributed by atoms with Crippen LogP contribution in [0, 0.1) is 5.92 Å². The summed E-state index contributed by atoms with van der Waals surface area (Å²) in [5, 5.41) is 3.01. The van der Waals surface area contributed by atoms with E-state index in [1.807, 2.05) is 30.3 Å². The molecule has 0 aliphatic rings. The van der Waals surface area contributed by atoms with Gasteiger partial charge in [0.1, 0.15) is 6.61 Å². The number of carbonyl (C=O) groups is 3. The number of esters is 2. The number of nitrogens with one attached hydrogen (secondary N) is 2. The van der Waals surface area contributed by atoms with Gasteiger partial charge in [0.25, 0.3) is 0 Å². The van der Waals surface area contributed by atoms with Crippen LogP contribution in [0.1, 0.15) is 44.2 Å². The van der Waals surface area contributed by atoms with Gasteiger partial charge in [-0.2, -0.15) is 0 Å². The van der Waals surface area contributed by atoms with Crippen LogP contribution in [-0.2, 0) is 55.7 Å². The van der Waals surface area contributed by atoms with Crippen LogP contribution < -0.4 is 11.1 Å². The Morgan fingerprint density at radius 2 is 1.53 bits per heavy atom. The number of halogens is 1. The third-order valence-electron chi connectivity index (χ3n) is 6.09. The zero-order valence-electron chi connectivity index (χ0n) is 24.6. The van der Waals surface area contributed by atoms with Crippen molar-refractivity contribution in [3.63, 3.8) is 0 Å². The van der Waals surface area contributed by atoms with Gasteiger partial charge in [0.2, 0.25) is 5.91 Å². The molecular formula is C32H41ClN4O5Pt. The second kappa shape index (κ2) is 23.4. The maximum Gasteiger partial charge on any atom is -0.0268 e. The van der Waals surface area contributed by atoms with Gasteiger partial charge >= 0.3 is 40.1 Å². The average molecular weight is 792 g/mol. The normalized spacial score (nSPS) is 11.4. The molecule has 11 heteroatoms. The van der Waals surface area contributed by atoms with Gasteiger partial charge in [0.15, 0.2) is 0 Å². The van der Waals surface area contributed by atoms with Crippen LogP contribution in [0.15, 0.2) is 79.1 Å². The van der Waals surface area contributed by atoms with Crippen molar-refractivity contribution in [1.82, 2.24) is 10.3 Å². The fourth-order valence-electron chi connectivity index (χ4n) is 3.98. The Bertz CT molecular complexity index is 1190. The van der Waals surface area contributed by atoms with Crippen molar-refractivity contribution >= 4 is 27.3 Å². The molecule has 0 aliphatic carbocycles. The Kier molecular flexibility index (Phi) is 20.6. The number of amides is 1. The summed E-state index contributed by atoms with van der Waals surface area (Å²) in [6.45, 7) is 4.85. The average Bonchev–Trinajstić information content (AvgIpc) is 3.05. The van der Waals surface area contributed by atoms with Gasteiger partial charge in [0.05, 0.1) is 18.9 Å². The van der Waals surface area contributed by atoms with E-state index in [9.17, 15) is 14.4 Å². The number of carbonyl (C=O) groups excluding carboxylic acids is 3. The van der Waals surface area contributed by atoms with E-state index in [1.165, 1.54) is 0 Å². The molecule has 2 atom stereocenters. The zero-order valence-corrected chi connectivity index (χ0v) is 27.6. The summed E-state index contributed by atoms with van der Waals surface area (Å²) in [5.41, 5.74) is 15.3. The fraction of sp³-hybridized carbons (Fsp3) is 0.375. The number of hydrogen-bond donors (Lipinski definition) is 2. The smallest absolute Gasteiger partial charge is 0.0268 e. The number of hydrogen-bond acceptors (Lipinski definition) is 7. The molecule has 0 saturated heterocycles. The van der Waals surface area contributed by atoms with Crippen molar-refractivity contribution in [2.75, 3.05) is 19.7 Å². The van der Waals surface area contributed by atoms with Crippen molar-refractivity contribution < 1.29 is 42.6 Å². The van der Waals surface area contributed by atoms with Gasteiger partial charge in [-0.1, -0.05) is 61.5 Å². The van der Waals surface area contributed by atoms with Gasteiger partial charge in [-0.05, 0) is 60.7 Å². The second-order valence-corrected chi connectivity index (χ2v) is 9.48. The summed E-state index contributed by atoms with van der Waals surface area (Å²) in [4.78, 5) is 41.0. The third-order valence-corrected chi connectivity index (χ3v) is 6.09. The van der Waals surface area contributed by atoms with E-state index in [0.29, 0.717) is 32.5 Å². The van der Waals surface area contributed by atoms with E-state index in [1.54, 1.807) is 57.1 Å². The van der Waals surface area contributed by atoms with E-state index < -0.39 is 5.97 Å². The van der Waals surface area contributed by atoms with Gasteiger partial charge in [0, 0.05) is 24.9 Å². The van der Waals surface area contributed by atoms with Gasteiger partial charge < -0.3 is 26.3 Å². The van der Waals surface area contributed by atoms with Crippen LogP contribution in [0.4, 0.5) is 0 Å². The fourth-order valence-corrected chi connectivity index (χ4v) is 3.98. The predicted octanol–water partition coefficient (Wildman–Crippen LogP) is 5.57. The number of pyridine rings is 1. The molecule has 0 radical (unpaired) electrons. The molecule has 3 rings (SSSR count). The molecule has 1 unspecified atom stereocenters. The van der Waals surface area contributed by atoms with E-state index in [0.717, 1.165) is 22.3 Å². The quantitative estimate of drug-likeness (QED) is 0.203. The summed E-state index contributed by atoms with van der Waals surface area (Å²) < 4.78 is 10.4. The van der Waals surface area contributed by atoms with E-state index in [2.05, 4.69) is 44.0 Å². The Hall–Kier alpha value is -3.10. The Morgan fingerprint density at radius 3 is 2.12 bits per heavy atom. The topological polar surface area (TPSA) is 144 Å². The molecule has 0 aliphatic heterocycles. The first-order chi connectivity index (χ1) is 20.9. The minimum atomic E-state index is -0.445. The van der Waals surface area contributed by atoms with Crippen LogP contribution >= 0.6 is 9.42 Å². The summed E-state index contributed by atoms with van der Waals surface area (Å²) in [5.74, 6) is -1.37.